The zero-order valence-electron chi connectivity index (χ0n) is 11.3. The minimum absolute atomic E-state index is 0.233. The molecule has 2 nitrogen and oxygen atoms in total. The highest BCUT2D eigenvalue weighted by molar-refractivity contribution is 9.10. The van der Waals surface area contributed by atoms with Gasteiger partial charge in [-0.1, -0.05) is 47.4 Å². The quantitative estimate of drug-likeness (QED) is 0.844. The summed E-state index contributed by atoms with van der Waals surface area (Å²) in [7, 11) is 0. The number of rotatable bonds is 6. The maximum absolute atomic E-state index is 5.99. The summed E-state index contributed by atoms with van der Waals surface area (Å²) in [5.74, 6) is 0. The number of benzene rings is 1. The molecule has 0 radical (unpaired) electrons. The number of hydrogen-bond acceptors (Lipinski definition) is 2. The van der Waals surface area contributed by atoms with Gasteiger partial charge in [0.1, 0.15) is 0 Å². The maximum Gasteiger partial charge on any atom is 0.0484 e. The van der Waals surface area contributed by atoms with Crippen molar-refractivity contribution in [2.45, 2.75) is 39.3 Å². The molecule has 1 aromatic rings. The van der Waals surface area contributed by atoms with Gasteiger partial charge in [-0.3, -0.25) is 4.90 Å². The second-order valence-corrected chi connectivity index (χ2v) is 5.80. The van der Waals surface area contributed by atoms with Crippen molar-refractivity contribution in [3.63, 3.8) is 0 Å². The average Bonchev–Trinajstić information content (AvgIpc) is 2.36. The molecule has 0 saturated heterocycles. The van der Waals surface area contributed by atoms with Gasteiger partial charge in [0.25, 0.3) is 0 Å². The maximum atomic E-state index is 5.99. The molecule has 0 spiro atoms. The molecular weight excluding hydrogens is 312 g/mol. The van der Waals surface area contributed by atoms with Gasteiger partial charge in [0.15, 0.2) is 0 Å². The van der Waals surface area contributed by atoms with Crippen LogP contribution in [-0.2, 0) is 0 Å². The highest BCUT2D eigenvalue weighted by atomic mass is 79.9. The van der Waals surface area contributed by atoms with Crippen LogP contribution < -0.4 is 5.73 Å². The largest absolute Gasteiger partial charge is 0.329 e. The standard InChI is InChI=1S/C14H22BrClN2/c1-4-10(3)18(5-2)14(9-17)12-7-6-11(16)8-13(12)15/h6-8,10,14H,4-5,9,17H2,1-3H3. The highest BCUT2D eigenvalue weighted by Gasteiger charge is 2.23. The highest BCUT2D eigenvalue weighted by Crippen LogP contribution is 2.31. The van der Waals surface area contributed by atoms with Crippen molar-refractivity contribution in [2.75, 3.05) is 13.1 Å². The predicted molar refractivity (Wildman–Crippen MR) is 83.1 cm³/mol. The first-order valence-corrected chi connectivity index (χ1v) is 7.62. The smallest absolute Gasteiger partial charge is 0.0484 e. The van der Waals surface area contributed by atoms with E-state index in [1.807, 2.05) is 12.1 Å². The summed E-state index contributed by atoms with van der Waals surface area (Å²) < 4.78 is 1.03. The van der Waals surface area contributed by atoms with Crippen molar-refractivity contribution in [3.8, 4) is 0 Å². The fourth-order valence-electron chi connectivity index (χ4n) is 2.29. The third-order valence-electron chi connectivity index (χ3n) is 3.47. The Labute approximate surface area is 124 Å². The monoisotopic (exact) mass is 332 g/mol. The Kier molecular flexibility index (Phi) is 6.64. The molecule has 0 amide bonds. The third-order valence-corrected chi connectivity index (χ3v) is 4.39. The van der Waals surface area contributed by atoms with Gasteiger partial charge in [0, 0.05) is 28.1 Å². The van der Waals surface area contributed by atoms with Crippen LogP contribution in [-0.4, -0.2) is 24.0 Å². The van der Waals surface area contributed by atoms with Crippen LogP contribution in [0.15, 0.2) is 22.7 Å². The van der Waals surface area contributed by atoms with Crippen LogP contribution in [0, 0.1) is 0 Å². The molecular formula is C14H22BrClN2. The lowest BCUT2D eigenvalue weighted by Crippen LogP contribution is -2.39. The Bertz CT molecular complexity index is 384. The topological polar surface area (TPSA) is 29.3 Å². The number of hydrogen-bond donors (Lipinski definition) is 1. The molecule has 2 unspecified atom stereocenters. The van der Waals surface area contributed by atoms with Crippen LogP contribution in [0.4, 0.5) is 0 Å². The second kappa shape index (κ2) is 7.49. The second-order valence-electron chi connectivity index (χ2n) is 4.51. The fourth-order valence-corrected chi connectivity index (χ4v) is 3.23. The molecule has 2 atom stereocenters. The summed E-state index contributed by atoms with van der Waals surface area (Å²) in [6.45, 7) is 8.23. The molecule has 0 bridgehead atoms. The molecule has 102 valence electrons. The molecule has 0 aromatic heterocycles. The van der Waals surface area contributed by atoms with Crippen molar-refractivity contribution < 1.29 is 0 Å². The van der Waals surface area contributed by atoms with Gasteiger partial charge in [-0.15, -0.1) is 0 Å². The molecule has 0 saturated carbocycles. The lowest BCUT2D eigenvalue weighted by Gasteiger charge is -2.35. The fraction of sp³-hybridized carbons (Fsp3) is 0.571. The van der Waals surface area contributed by atoms with Gasteiger partial charge in [-0.05, 0) is 37.6 Å². The SMILES string of the molecule is CCC(C)N(CC)C(CN)c1ccc(Cl)cc1Br. The van der Waals surface area contributed by atoms with E-state index >= 15 is 0 Å². The minimum Gasteiger partial charge on any atom is -0.329 e. The van der Waals surface area contributed by atoms with E-state index < -0.39 is 0 Å². The Morgan fingerprint density at radius 3 is 2.50 bits per heavy atom. The Morgan fingerprint density at radius 2 is 2.06 bits per heavy atom. The molecule has 18 heavy (non-hydrogen) atoms. The van der Waals surface area contributed by atoms with E-state index in [2.05, 4.69) is 47.7 Å². The van der Waals surface area contributed by atoms with Gasteiger partial charge in [-0.2, -0.15) is 0 Å². The van der Waals surface area contributed by atoms with Crippen molar-refractivity contribution in [3.05, 3.63) is 33.3 Å². The Balaban J connectivity index is 3.07. The normalized spacial score (nSPS) is 14.8. The molecule has 0 aliphatic heterocycles. The number of nitrogens with zero attached hydrogens (tertiary/aromatic N) is 1. The Morgan fingerprint density at radius 1 is 1.39 bits per heavy atom. The molecule has 4 heteroatoms. The molecule has 1 rings (SSSR count). The van der Waals surface area contributed by atoms with Crippen LogP contribution in [0.5, 0.6) is 0 Å². The molecule has 0 aliphatic carbocycles. The molecule has 0 aliphatic rings. The molecule has 0 fully saturated rings. The van der Waals surface area contributed by atoms with Gasteiger partial charge in [-0.25, -0.2) is 0 Å². The number of likely N-dealkylation sites (N-methyl/N-ethyl adjacent to an activating group) is 1. The lowest BCUT2D eigenvalue weighted by molar-refractivity contribution is 0.151. The van der Waals surface area contributed by atoms with E-state index in [0.29, 0.717) is 12.6 Å². The van der Waals surface area contributed by atoms with Crippen molar-refractivity contribution >= 4 is 27.5 Å². The molecule has 2 N–H and O–H groups in total. The molecule has 1 aromatic carbocycles. The first-order valence-electron chi connectivity index (χ1n) is 6.45. The van der Waals surface area contributed by atoms with Gasteiger partial charge in [0.2, 0.25) is 0 Å². The van der Waals surface area contributed by atoms with Gasteiger partial charge in [0.05, 0.1) is 0 Å². The van der Waals surface area contributed by atoms with Crippen LogP contribution in [0.25, 0.3) is 0 Å². The summed E-state index contributed by atoms with van der Waals surface area (Å²) in [5, 5.41) is 0.744. The predicted octanol–water partition coefficient (Wildman–Crippen LogP) is 4.22. The third kappa shape index (κ3) is 3.70. The van der Waals surface area contributed by atoms with Crippen molar-refractivity contribution in [1.82, 2.24) is 4.90 Å². The van der Waals surface area contributed by atoms with Crippen LogP contribution in [0.1, 0.15) is 38.8 Å². The summed E-state index contributed by atoms with van der Waals surface area (Å²) in [4.78, 5) is 2.44. The number of nitrogens with two attached hydrogens (primary N) is 1. The number of halogens is 2. The zero-order chi connectivity index (χ0) is 13.7. The summed E-state index contributed by atoms with van der Waals surface area (Å²) in [5.41, 5.74) is 7.20. The van der Waals surface area contributed by atoms with Crippen LogP contribution >= 0.6 is 27.5 Å². The van der Waals surface area contributed by atoms with Gasteiger partial charge < -0.3 is 5.73 Å². The lowest BCUT2D eigenvalue weighted by atomic mass is 10.0. The van der Waals surface area contributed by atoms with E-state index in [4.69, 9.17) is 17.3 Å². The van der Waals surface area contributed by atoms with E-state index in [1.54, 1.807) is 0 Å². The van der Waals surface area contributed by atoms with Gasteiger partial charge >= 0.3 is 0 Å². The molecule has 0 heterocycles. The average molecular weight is 334 g/mol. The minimum atomic E-state index is 0.233. The summed E-state index contributed by atoms with van der Waals surface area (Å²) >= 11 is 9.58. The summed E-state index contributed by atoms with van der Waals surface area (Å²) in [6, 6.07) is 6.68. The van der Waals surface area contributed by atoms with Crippen LogP contribution in [0.3, 0.4) is 0 Å². The zero-order valence-corrected chi connectivity index (χ0v) is 13.6. The Hall–Kier alpha value is -0.0900. The van der Waals surface area contributed by atoms with Crippen molar-refractivity contribution in [2.24, 2.45) is 5.73 Å². The first kappa shape index (κ1) is 16.0. The van der Waals surface area contributed by atoms with E-state index in [0.717, 1.165) is 22.5 Å². The van der Waals surface area contributed by atoms with E-state index in [-0.39, 0.29) is 6.04 Å². The van der Waals surface area contributed by atoms with E-state index in [1.165, 1.54) is 5.56 Å². The van der Waals surface area contributed by atoms with E-state index in [9.17, 15) is 0 Å². The van der Waals surface area contributed by atoms with Crippen molar-refractivity contribution in [1.29, 1.82) is 0 Å². The first-order chi connectivity index (χ1) is 8.54. The van der Waals surface area contributed by atoms with Crippen LogP contribution in [0.2, 0.25) is 5.02 Å². The summed E-state index contributed by atoms with van der Waals surface area (Å²) in [6.07, 6.45) is 1.12.